The minimum absolute atomic E-state index is 0.335. The van der Waals surface area contributed by atoms with Crippen molar-refractivity contribution in [1.82, 2.24) is 0 Å². The second-order valence-electron chi connectivity index (χ2n) is 3.43. The molecular formula is C14H16O4. The van der Waals surface area contributed by atoms with Crippen LogP contribution in [-0.2, 0) is 14.3 Å². The normalized spacial score (nSPS) is 10.3. The SMILES string of the molecule is CCOC(=O)/C=C/c1cccc(C(=O)OCC)c1. The zero-order chi connectivity index (χ0) is 13.4. The molecule has 0 spiro atoms. The van der Waals surface area contributed by atoms with Gasteiger partial charge in [-0.25, -0.2) is 9.59 Å². The molecule has 96 valence electrons. The van der Waals surface area contributed by atoms with Crippen LogP contribution < -0.4 is 0 Å². The van der Waals surface area contributed by atoms with Crippen LogP contribution in [0.1, 0.15) is 29.8 Å². The number of hydrogen-bond acceptors (Lipinski definition) is 4. The summed E-state index contributed by atoms with van der Waals surface area (Å²) in [6.07, 6.45) is 2.93. The van der Waals surface area contributed by atoms with Crippen LogP contribution in [-0.4, -0.2) is 25.2 Å². The fourth-order valence-electron chi connectivity index (χ4n) is 1.34. The summed E-state index contributed by atoms with van der Waals surface area (Å²) >= 11 is 0. The molecule has 18 heavy (non-hydrogen) atoms. The maximum atomic E-state index is 11.5. The zero-order valence-corrected chi connectivity index (χ0v) is 10.5. The minimum Gasteiger partial charge on any atom is -0.463 e. The molecule has 0 saturated carbocycles. The Bertz CT molecular complexity index is 449. The van der Waals surface area contributed by atoms with Crippen LogP contribution in [0, 0.1) is 0 Å². The predicted octanol–water partition coefficient (Wildman–Crippen LogP) is 2.44. The monoisotopic (exact) mass is 248 g/mol. The standard InChI is InChI=1S/C14H16O4/c1-3-17-13(15)9-8-11-6-5-7-12(10-11)14(16)18-4-2/h5-10H,3-4H2,1-2H3/b9-8+. The van der Waals surface area contributed by atoms with E-state index in [1.54, 1.807) is 44.2 Å². The van der Waals surface area contributed by atoms with Gasteiger partial charge in [0.15, 0.2) is 0 Å². The van der Waals surface area contributed by atoms with Crippen molar-refractivity contribution in [2.24, 2.45) is 0 Å². The predicted molar refractivity (Wildman–Crippen MR) is 68.1 cm³/mol. The quantitative estimate of drug-likeness (QED) is 0.593. The Morgan fingerprint density at radius 1 is 1.17 bits per heavy atom. The Morgan fingerprint density at radius 3 is 2.56 bits per heavy atom. The van der Waals surface area contributed by atoms with E-state index < -0.39 is 5.97 Å². The minimum atomic E-state index is -0.404. The molecule has 0 aliphatic rings. The highest BCUT2D eigenvalue weighted by Crippen LogP contribution is 2.08. The Morgan fingerprint density at radius 2 is 1.89 bits per heavy atom. The molecule has 0 atom stereocenters. The van der Waals surface area contributed by atoms with Gasteiger partial charge in [-0.3, -0.25) is 0 Å². The molecule has 0 amide bonds. The summed E-state index contributed by atoms with van der Waals surface area (Å²) in [6, 6.07) is 6.85. The highest BCUT2D eigenvalue weighted by molar-refractivity contribution is 5.91. The van der Waals surface area contributed by atoms with E-state index in [-0.39, 0.29) is 5.97 Å². The highest BCUT2D eigenvalue weighted by atomic mass is 16.5. The van der Waals surface area contributed by atoms with E-state index in [4.69, 9.17) is 9.47 Å². The van der Waals surface area contributed by atoms with Crippen molar-refractivity contribution in [3.8, 4) is 0 Å². The number of hydrogen-bond donors (Lipinski definition) is 0. The Balaban J connectivity index is 2.76. The summed E-state index contributed by atoms with van der Waals surface area (Å²) < 4.78 is 9.65. The van der Waals surface area contributed by atoms with Crippen molar-refractivity contribution < 1.29 is 19.1 Å². The largest absolute Gasteiger partial charge is 0.463 e. The van der Waals surface area contributed by atoms with Crippen molar-refractivity contribution in [2.45, 2.75) is 13.8 Å². The highest BCUT2D eigenvalue weighted by Gasteiger charge is 2.05. The van der Waals surface area contributed by atoms with Crippen LogP contribution >= 0.6 is 0 Å². The average molecular weight is 248 g/mol. The lowest BCUT2D eigenvalue weighted by Crippen LogP contribution is -2.04. The van der Waals surface area contributed by atoms with Gasteiger partial charge in [-0.05, 0) is 37.6 Å². The van der Waals surface area contributed by atoms with Crippen molar-refractivity contribution in [2.75, 3.05) is 13.2 Å². The fraction of sp³-hybridized carbons (Fsp3) is 0.286. The second-order valence-corrected chi connectivity index (χ2v) is 3.43. The van der Waals surface area contributed by atoms with Gasteiger partial charge < -0.3 is 9.47 Å². The first-order valence-electron chi connectivity index (χ1n) is 5.79. The van der Waals surface area contributed by atoms with Gasteiger partial charge in [0.1, 0.15) is 0 Å². The molecule has 0 saturated heterocycles. The lowest BCUT2D eigenvalue weighted by Gasteiger charge is -2.02. The maximum absolute atomic E-state index is 11.5. The summed E-state index contributed by atoms with van der Waals surface area (Å²) in [5.41, 5.74) is 1.21. The second kappa shape index (κ2) is 7.27. The Hall–Kier alpha value is -2.10. The molecular weight excluding hydrogens is 232 g/mol. The lowest BCUT2D eigenvalue weighted by molar-refractivity contribution is -0.137. The third-order valence-corrected chi connectivity index (χ3v) is 2.10. The van der Waals surface area contributed by atoms with Crippen molar-refractivity contribution in [3.63, 3.8) is 0 Å². The summed E-state index contributed by atoms with van der Waals surface area (Å²) in [7, 11) is 0. The van der Waals surface area contributed by atoms with Crippen LogP contribution in [0.5, 0.6) is 0 Å². The molecule has 0 unspecified atom stereocenters. The van der Waals surface area contributed by atoms with Crippen LogP contribution in [0.25, 0.3) is 6.08 Å². The Kier molecular flexibility index (Phi) is 5.64. The Labute approximate surface area is 106 Å². The van der Waals surface area contributed by atoms with Crippen molar-refractivity contribution in [3.05, 3.63) is 41.5 Å². The van der Waals surface area contributed by atoms with E-state index >= 15 is 0 Å². The first kappa shape index (κ1) is 14.0. The van der Waals surface area contributed by atoms with Gasteiger partial charge in [-0.15, -0.1) is 0 Å². The lowest BCUT2D eigenvalue weighted by atomic mass is 10.1. The van der Waals surface area contributed by atoms with Gasteiger partial charge in [-0.2, -0.15) is 0 Å². The van der Waals surface area contributed by atoms with Crippen molar-refractivity contribution in [1.29, 1.82) is 0 Å². The molecule has 0 N–H and O–H groups in total. The van der Waals surface area contributed by atoms with Crippen LogP contribution in [0.4, 0.5) is 0 Å². The maximum Gasteiger partial charge on any atom is 0.338 e. The molecule has 0 fully saturated rings. The van der Waals surface area contributed by atoms with E-state index in [0.717, 1.165) is 5.56 Å². The van der Waals surface area contributed by atoms with E-state index in [1.165, 1.54) is 6.08 Å². The van der Waals surface area contributed by atoms with Crippen molar-refractivity contribution >= 4 is 18.0 Å². The number of benzene rings is 1. The number of esters is 2. The third-order valence-electron chi connectivity index (χ3n) is 2.10. The molecule has 1 rings (SSSR count). The molecule has 0 aromatic heterocycles. The number of rotatable bonds is 5. The summed E-state index contributed by atoms with van der Waals surface area (Å²) in [5, 5.41) is 0. The number of carbonyl (C=O) groups is 2. The molecule has 1 aromatic carbocycles. The van der Waals surface area contributed by atoms with Crippen LogP contribution in [0.15, 0.2) is 30.3 Å². The fourth-order valence-corrected chi connectivity index (χ4v) is 1.34. The van der Waals surface area contributed by atoms with Gasteiger partial charge in [0.25, 0.3) is 0 Å². The molecule has 0 bridgehead atoms. The zero-order valence-electron chi connectivity index (χ0n) is 10.5. The summed E-state index contributed by atoms with van der Waals surface area (Å²) in [4.78, 5) is 22.6. The smallest absolute Gasteiger partial charge is 0.338 e. The van der Waals surface area contributed by atoms with Gasteiger partial charge in [0.2, 0.25) is 0 Å². The van der Waals surface area contributed by atoms with Gasteiger partial charge in [0.05, 0.1) is 18.8 Å². The topological polar surface area (TPSA) is 52.6 Å². The first-order valence-corrected chi connectivity index (χ1v) is 5.79. The van der Waals surface area contributed by atoms with Gasteiger partial charge in [-0.1, -0.05) is 12.1 Å². The number of carbonyl (C=O) groups excluding carboxylic acids is 2. The molecule has 0 radical (unpaired) electrons. The van der Waals surface area contributed by atoms with E-state index in [9.17, 15) is 9.59 Å². The molecule has 4 heteroatoms. The van der Waals surface area contributed by atoms with E-state index in [1.807, 2.05) is 0 Å². The van der Waals surface area contributed by atoms with Crippen LogP contribution in [0.3, 0.4) is 0 Å². The molecule has 4 nitrogen and oxygen atoms in total. The molecule has 0 heterocycles. The molecule has 0 aliphatic heterocycles. The summed E-state index contributed by atoms with van der Waals surface area (Å²) in [6.45, 7) is 4.17. The van der Waals surface area contributed by atoms with E-state index in [2.05, 4.69) is 0 Å². The first-order chi connectivity index (χ1) is 8.67. The van der Waals surface area contributed by atoms with E-state index in [0.29, 0.717) is 18.8 Å². The molecule has 0 aliphatic carbocycles. The van der Waals surface area contributed by atoms with Gasteiger partial charge in [0, 0.05) is 6.08 Å². The van der Waals surface area contributed by atoms with Crippen LogP contribution in [0.2, 0.25) is 0 Å². The average Bonchev–Trinajstić information content (AvgIpc) is 2.37. The third kappa shape index (κ3) is 4.41. The molecule has 1 aromatic rings. The number of ether oxygens (including phenoxy) is 2. The summed E-state index contributed by atoms with van der Waals surface area (Å²) in [5.74, 6) is -0.775. The van der Waals surface area contributed by atoms with Gasteiger partial charge >= 0.3 is 11.9 Å².